The lowest BCUT2D eigenvalue weighted by atomic mass is 10.2. The summed E-state index contributed by atoms with van der Waals surface area (Å²) in [5.41, 5.74) is 0. The topological polar surface area (TPSA) is 46.2 Å². The van der Waals surface area contributed by atoms with Gasteiger partial charge in [0.15, 0.2) is 0 Å². The van der Waals surface area contributed by atoms with E-state index >= 15 is 0 Å². The molecule has 12 heavy (non-hydrogen) atoms. The lowest BCUT2D eigenvalue weighted by Gasteiger charge is -2.09. The fraction of sp³-hybridized carbons (Fsp3) is 0.875. The molecule has 0 saturated carbocycles. The number of nitrogens with one attached hydrogen (secondary N) is 1. The molecule has 0 fully saturated rings. The van der Waals surface area contributed by atoms with Gasteiger partial charge in [0.2, 0.25) is 5.91 Å². The summed E-state index contributed by atoms with van der Waals surface area (Å²) in [5.74, 6) is 0.324. The van der Waals surface area contributed by atoms with Crippen molar-refractivity contribution in [3.05, 3.63) is 0 Å². The first-order valence-corrected chi connectivity index (χ1v) is 5.88. The predicted molar refractivity (Wildman–Crippen MR) is 51.4 cm³/mol. The van der Waals surface area contributed by atoms with Crippen molar-refractivity contribution in [2.45, 2.75) is 20.3 Å². The summed E-state index contributed by atoms with van der Waals surface area (Å²) in [7, 11) is -0.883. The first-order valence-electron chi connectivity index (χ1n) is 4.15. The number of hydrogen-bond donors (Lipinski definition) is 1. The summed E-state index contributed by atoms with van der Waals surface area (Å²) in [5, 5.41) is 2.76. The van der Waals surface area contributed by atoms with E-state index in [2.05, 4.69) is 5.32 Å². The van der Waals surface area contributed by atoms with Crippen molar-refractivity contribution in [2.75, 3.05) is 18.6 Å². The van der Waals surface area contributed by atoms with Gasteiger partial charge < -0.3 is 5.32 Å². The predicted octanol–water partition coefficient (Wildman–Crippen LogP) is 0.527. The quantitative estimate of drug-likeness (QED) is 0.689. The molecule has 0 aromatic carbocycles. The first-order chi connectivity index (χ1) is 5.57. The molecular formula is C8H17NO2S. The van der Waals surface area contributed by atoms with Crippen molar-refractivity contribution in [2.24, 2.45) is 5.92 Å². The van der Waals surface area contributed by atoms with Crippen LogP contribution in [-0.2, 0) is 15.6 Å². The van der Waals surface area contributed by atoms with E-state index in [1.54, 1.807) is 13.2 Å². The van der Waals surface area contributed by atoms with Crippen LogP contribution in [0.15, 0.2) is 0 Å². The lowest BCUT2D eigenvalue weighted by molar-refractivity contribution is -0.123. The van der Waals surface area contributed by atoms with Gasteiger partial charge in [0, 0.05) is 35.3 Å². The molecule has 0 rings (SSSR count). The van der Waals surface area contributed by atoms with Crippen molar-refractivity contribution in [1.29, 1.82) is 0 Å². The van der Waals surface area contributed by atoms with Gasteiger partial charge in [-0.25, -0.2) is 0 Å². The minimum atomic E-state index is -0.883. The molecule has 1 amide bonds. The Kier molecular flexibility index (Phi) is 5.98. The average Bonchev–Trinajstić information content (AvgIpc) is 1.98. The molecule has 0 spiro atoms. The molecule has 0 aromatic heterocycles. The van der Waals surface area contributed by atoms with Gasteiger partial charge in [-0.2, -0.15) is 0 Å². The summed E-state index contributed by atoms with van der Waals surface area (Å²) in [6.45, 7) is 4.51. The van der Waals surface area contributed by atoms with Crippen LogP contribution in [0.1, 0.15) is 20.3 Å². The Labute approximate surface area is 76.4 Å². The number of carbonyl (C=O) groups excluding carboxylic acids is 1. The maximum absolute atomic E-state index is 11.2. The molecule has 0 aliphatic carbocycles. The van der Waals surface area contributed by atoms with Crippen LogP contribution in [0.2, 0.25) is 0 Å². The van der Waals surface area contributed by atoms with Crippen LogP contribution >= 0.6 is 0 Å². The maximum Gasteiger partial charge on any atom is 0.223 e. The molecule has 0 aromatic rings. The van der Waals surface area contributed by atoms with Gasteiger partial charge in [0.1, 0.15) is 0 Å². The molecule has 3 nitrogen and oxygen atoms in total. The monoisotopic (exact) mass is 191 g/mol. The van der Waals surface area contributed by atoms with Crippen molar-refractivity contribution < 1.29 is 9.00 Å². The highest BCUT2D eigenvalue weighted by Gasteiger charge is 2.12. The van der Waals surface area contributed by atoms with Crippen LogP contribution in [0.25, 0.3) is 0 Å². The van der Waals surface area contributed by atoms with Crippen molar-refractivity contribution in [3.63, 3.8) is 0 Å². The van der Waals surface area contributed by atoms with E-state index in [0.29, 0.717) is 12.3 Å². The summed E-state index contributed by atoms with van der Waals surface area (Å²) in [6.07, 6.45) is 2.55. The zero-order chi connectivity index (χ0) is 9.56. The molecule has 0 radical (unpaired) electrons. The number of hydrogen-bond acceptors (Lipinski definition) is 2. The van der Waals surface area contributed by atoms with E-state index in [-0.39, 0.29) is 11.8 Å². The molecule has 0 aliphatic heterocycles. The Morgan fingerprint density at radius 3 is 2.58 bits per heavy atom. The molecular weight excluding hydrogens is 174 g/mol. The van der Waals surface area contributed by atoms with E-state index in [1.165, 1.54) is 0 Å². The molecule has 1 unspecified atom stereocenters. The van der Waals surface area contributed by atoms with Gasteiger partial charge >= 0.3 is 0 Å². The molecule has 2 atom stereocenters. The number of rotatable bonds is 5. The SMILES string of the molecule is CCCNC(=O)[C@H](C)CS(C)=O. The van der Waals surface area contributed by atoms with Crippen LogP contribution in [0, 0.1) is 5.92 Å². The Hall–Kier alpha value is -0.380. The third-order valence-corrected chi connectivity index (χ3v) is 2.45. The third-order valence-electron chi connectivity index (χ3n) is 1.48. The van der Waals surface area contributed by atoms with Crippen molar-refractivity contribution in [3.8, 4) is 0 Å². The van der Waals surface area contributed by atoms with Crippen molar-refractivity contribution >= 4 is 16.7 Å². The van der Waals surface area contributed by atoms with Gasteiger partial charge in [0.05, 0.1) is 0 Å². The van der Waals surface area contributed by atoms with Crippen LogP contribution in [0.5, 0.6) is 0 Å². The van der Waals surface area contributed by atoms with E-state index in [0.717, 1.165) is 6.42 Å². The van der Waals surface area contributed by atoms with Gasteiger partial charge in [0.25, 0.3) is 0 Å². The smallest absolute Gasteiger partial charge is 0.223 e. The molecule has 0 aliphatic rings. The van der Waals surface area contributed by atoms with Crippen LogP contribution in [0.4, 0.5) is 0 Å². The molecule has 72 valence electrons. The number of carbonyl (C=O) groups is 1. The third kappa shape index (κ3) is 5.29. The van der Waals surface area contributed by atoms with Gasteiger partial charge in [-0.1, -0.05) is 13.8 Å². The standard InChI is InChI=1S/C8H17NO2S/c1-4-5-9-8(10)7(2)6-12(3)11/h7H,4-6H2,1-3H3,(H,9,10)/t7-,12?/m1/s1. The molecule has 0 bridgehead atoms. The van der Waals surface area contributed by atoms with E-state index < -0.39 is 10.8 Å². The summed E-state index contributed by atoms with van der Waals surface area (Å²) in [4.78, 5) is 11.2. The molecule has 0 heterocycles. The van der Waals surface area contributed by atoms with E-state index in [9.17, 15) is 9.00 Å². The Balaban J connectivity index is 3.69. The van der Waals surface area contributed by atoms with Gasteiger partial charge in [-0.3, -0.25) is 9.00 Å². The highest BCUT2D eigenvalue weighted by molar-refractivity contribution is 7.84. The minimum Gasteiger partial charge on any atom is -0.356 e. The second-order valence-electron chi connectivity index (χ2n) is 2.93. The zero-order valence-corrected chi connectivity index (χ0v) is 8.74. The summed E-state index contributed by atoms with van der Waals surface area (Å²) < 4.78 is 10.8. The highest BCUT2D eigenvalue weighted by Crippen LogP contribution is 1.96. The fourth-order valence-electron chi connectivity index (χ4n) is 0.850. The normalized spacial score (nSPS) is 15.2. The van der Waals surface area contributed by atoms with E-state index in [4.69, 9.17) is 0 Å². The average molecular weight is 191 g/mol. The van der Waals surface area contributed by atoms with E-state index in [1.807, 2.05) is 6.92 Å². The largest absolute Gasteiger partial charge is 0.356 e. The first kappa shape index (κ1) is 11.6. The fourth-order valence-corrected chi connectivity index (χ4v) is 1.71. The summed E-state index contributed by atoms with van der Waals surface area (Å²) in [6, 6.07) is 0. The second kappa shape index (κ2) is 6.17. The van der Waals surface area contributed by atoms with Gasteiger partial charge in [-0.15, -0.1) is 0 Å². The maximum atomic E-state index is 11.2. The minimum absolute atomic E-state index is 0.00653. The van der Waals surface area contributed by atoms with Gasteiger partial charge in [-0.05, 0) is 6.42 Å². The van der Waals surface area contributed by atoms with Crippen LogP contribution < -0.4 is 5.32 Å². The van der Waals surface area contributed by atoms with Crippen molar-refractivity contribution in [1.82, 2.24) is 5.32 Å². The van der Waals surface area contributed by atoms with Crippen LogP contribution in [0.3, 0.4) is 0 Å². The second-order valence-corrected chi connectivity index (χ2v) is 4.41. The Morgan fingerprint density at radius 2 is 2.17 bits per heavy atom. The Morgan fingerprint density at radius 1 is 1.58 bits per heavy atom. The molecule has 1 N–H and O–H groups in total. The number of amides is 1. The highest BCUT2D eigenvalue weighted by atomic mass is 32.2. The molecule has 0 saturated heterocycles. The molecule has 4 heteroatoms. The zero-order valence-electron chi connectivity index (χ0n) is 7.92. The summed E-state index contributed by atoms with van der Waals surface area (Å²) >= 11 is 0. The Bertz CT molecular complexity index is 170. The lowest BCUT2D eigenvalue weighted by Crippen LogP contribution is -2.32. The van der Waals surface area contributed by atoms with Crippen LogP contribution in [-0.4, -0.2) is 28.7 Å².